The number of aryl methyl sites for hydroxylation is 1. The zero-order chi connectivity index (χ0) is 11.8. The van der Waals surface area contributed by atoms with Gasteiger partial charge in [-0.2, -0.15) is 0 Å². The largest absolute Gasteiger partial charge is 0.271 e. The van der Waals surface area contributed by atoms with Crippen LogP contribution in [-0.4, -0.2) is 0 Å². The van der Waals surface area contributed by atoms with Crippen molar-refractivity contribution in [2.75, 3.05) is 0 Å². The van der Waals surface area contributed by atoms with Gasteiger partial charge < -0.3 is 0 Å². The molecule has 0 aliphatic rings. The van der Waals surface area contributed by atoms with Gasteiger partial charge in [-0.25, -0.2) is 0 Å². The molecule has 0 radical (unpaired) electrons. The van der Waals surface area contributed by atoms with Gasteiger partial charge in [-0.3, -0.25) is 11.3 Å². The summed E-state index contributed by atoms with van der Waals surface area (Å²) in [5.74, 6) is 5.60. The number of nitrogens with one attached hydrogen (secondary N) is 1. The van der Waals surface area contributed by atoms with Crippen molar-refractivity contribution >= 4 is 11.3 Å². The van der Waals surface area contributed by atoms with E-state index in [4.69, 9.17) is 5.84 Å². The minimum absolute atomic E-state index is 0.322. The molecule has 0 aromatic carbocycles. The molecule has 0 bridgehead atoms. The molecule has 1 atom stereocenters. The Balaban J connectivity index is 2.29. The van der Waals surface area contributed by atoms with Crippen molar-refractivity contribution in [3.63, 3.8) is 0 Å². The van der Waals surface area contributed by atoms with Crippen molar-refractivity contribution in [3.05, 3.63) is 34.5 Å². The first-order valence-electron chi connectivity index (χ1n) is 5.91. The summed E-state index contributed by atoms with van der Waals surface area (Å²) in [5.41, 5.74) is 2.91. The van der Waals surface area contributed by atoms with Crippen LogP contribution in [0.3, 0.4) is 0 Å². The SMILES string of the molecule is C=CCCCCCC(NN)c1ccc(C)s1. The van der Waals surface area contributed by atoms with Crippen molar-refractivity contribution in [1.29, 1.82) is 0 Å². The fourth-order valence-electron chi connectivity index (χ4n) is 1.76. The summed E-state index contributed by atoms with van der Waals surface area (Å²) in [5, 5.41) is 0. The third kappa shape index (κ3) is 4.47. The molecule has 1 heterocycles. The minimum Gasteiger partial charge on any atom is -0.271 e. The van der Waals surface area contributed by atoms with Crippen LogP contribution in [0.4, 0.5) is 0 Å². The van der Waals surface area contributed by atoms with Gasteiger partial charge in [0.1, 0.15) is 0 Å². The lowest BCUT2D eigenvalue weighted by Gasteiger charge is -2.13. The summed E-state index contributed by atoms with van der Waals surface area (Å²) in [6.45, 7) is 5.86. The Kier molecular flexibility index (Phi) is 6.38. The van der Waals surface area contributed by atoms with Gasteiger partial charge in [0, 0.05) is 9.75 Å². The van der Waals surface area contributed by atoms with Gasteiger partial charge in [-0.1, -0.05) is 18.9 Å². The molecule has 1 unspecified atom stereocenters. The number of unbranched alkanes of at least 4 members (excludes halogenated alkanes) is 3. The van der Waals surface area contributed by atoms with E-state index in [1.54, 1.807) is 0 Å². The standard InChI is InChI=1S/C13H22N2S/c1-3-4-5-6-7-8-12(15-14)13-10-9-11(2)16-13/h3,9-10,12,15H,1,4-8,14H2,2H3. The molecular weight excluding hydrogens is 216 g/mol. The normalized spacial score (nSPS) is 12.6. The van der Waals surface area contributed by atoms with Crippen molar-refractivity contribution < 1.29 is 0 Å². The van der Waals surface area contributed by atoms with E-state index in [1.807, 2.05) is 17.4 Å². The maximum absolute atomic E-state index is 5.60. The van der Waals surface area contributed by atoms with Crippen molar-refractivity contribution in [2.24, 2.45) is 5.84 Å². The van der Waals surface area contributed by atoms with E-state index in [1.165, 1.54) is 29.0 Å². The number of rotatable bonds is 8. The molecular formula is C13H22N2S. The molecule has 0 saturated carbocycles. The van der Waals surface area contributed by atoms with E-state index in [-0.39, 0.29) is 0 Å². The smallest absolute Gasteiger partial charge is 0.0553 e. The van der Waals surface area contributed by atoms with Gasteiger partial charge in [-0.15, -0.1) is 17.9 Å². The van der Waals surface area contributed by atoms with Gasteiger partial charge in [-0.05, 0) is 38.3 Å². The quantitative estimate of drug-likeness (QED) is 0.314. The molecule has 3 heteroatoms. The highest BCUT2D eigenvalue weighted by molar-refractivity contribution is 7.12. The second-order valence-electron chi connectivity index (χ2n) is 4.09. The van der Waals surface area contributed by atoms with E-state index in [0.717, 1.165) is 12.8 Å². The first-order chi connectivity index (χ1) is 7.77. The van der Waals surface area contributed by atoms with Crippen molar-refractivity contribution in [2.45, 2.75) is 45.1 Å². The van der Waals surface area contributed by atoms with E-state index in [2.05, 4.69) is 31.1 Å². The van der Waals surface area contributed by atoms with Gasteiger partial charge in [0.25, 0.3) is 0 Å². The third-order valence-corrected chi connectivity index (χ3v) is 3.82. The second-order valence-corrected chi connectivity index (χ2v) is 5.41. The van der Waals surface area contributed by atoms with Crippen LogP contribution in [0, 0.1) is 6.92 Å². The summed E-state index contributed by atoms with van der Waals surface area (Å²) in [6.07, 6.45) is 7.95. The average molecular weight is 238 g/mol. The predicted molar refractivity (Wildman–Crippen MR) is 72.4 cm³/mol. The molecule has 1 rings (SSSR count). The molecule has 0 fully saturated rings. The number of allylic oxidation sites excluding steroid dienone is 1. The second kappa shape index (κ2) is 7.60. The highest BCUT2D eigenvalue weighted by Crippen LogP contribution is 2.26. The predicted octanol–water partition coefficient (Wildman–Crippen LogP) is 3.70. The molecule has 0 aliphatic heterocycles. The van der Waals surface area contributed by atoms with Crippen LogP contribution in [0.25, 0.3) is 0 Å². The molecule has 0 saturated heterocycles. The Bertz CT molecular complexity index is 307. The monoisotopic (exact) mass is 238 g/mol. The lowest BCUT2D eigenvalue weighted by Crippen LogP contribution is -2.27. The van der Waals surface area contributed by atoms with E-state index in [0.29, 0.717) is 6.04 Å². The Morgan fingerprint density at radius 2 is 2.25 bits per heavy atom. The van der Waals surface area contributed by atoms with Crippen LogP contribution in [0.1, 0.15) is 47.9 Å². The van der Waals surface area contributed by atoms with E-state index in [9.17, 15) is 0 Å². The topological polar surface area (TPSA) is 38.0 Å². The Labute approximate surface area is 103 Å². The highest BCUT2D eigenvalue weighted by atomic mass is 32.1. The molecule has 1 aromatic heterocycles. The molecule has 0 spiro atoms. The Morgan fingerprint density at radius 1 is 1.44 bits per heavy atom. The van der Waals surface area contributed by atoms with E-state index >= 15 is 0 Å². The van der Waals surface area contributed by atoms with Gasteiger partial charge in [0.05, 0.1) is 6.04 Å². The molecule has 3 N–H and O–H groups in total. The lowest BCUT2D eigenvalue weighted by atomic mass is 10.1. The number of hydrazine groups is 1. The van der Waals surface area contributed by atoms with Crippen LogP contribution in [0.2, 0.25) is 0 Å². The number of hydrogen-bond acceptors (Lipinski definition) is 3. The van der Waals surface area contributed by atoms with Gasteiger partial charge in [0.2, 0.25) is 0 Å². The zero-order valence-corrected chi connectivity index (χ0v) is 10.9. The summed E-state index contributed by atoms with van der Waals surface area (Å²) in [7, 11) is 0. The number of nitrogens with two attached hydrogens (primary N) is 1. The third-order valence-electron chi connectivity index (χ3n) is 2.71. The molecule has 0 amide bonds. The highest BCUT2D eigenvalue weighted by Gasteiger charge is 2.10. The van der Waals surface area contributed by atoms with Gasteiger partial charge >= 0.3 is 0 Å². The molecule has 16 heavy (non-hydrogen) atoms. The van der Waals surface area contributed by atoms with Crippen LogP contribution >= 0.6 is 11.3 Å². The molecule has 2 nitrogen and oxygen atoms in total. The Hall–Kier alpha value is -0.640. The summed E-state index contributed by atoms with van der Waals surface area (Å²) < 4.78 is 0. The van der Waals surface area contributed by atoms with E-state index < -0.39 is 0 Å². The number of hydrogen-bond donors (Lipinski definition) is 2. The van der Waals surface area contributed by atoms with Crippen LogP contribution in [-0.2, 0) is 0 Å². The van der Waals surface area contributed by atoms with Crippen LogP contribution in [0.15, 0.2) is 24.8 Å². The van der Waals surface area contributed by atoms with Crippen molar-refractivity contribution in [1.82, 2.24) is 5.43 Å². The van der Waals surface area contributed by atoms with Gasteiger partial charge in [0.15, 0.2) is 0 Å². The minimum atomic E-state index is 0.322. The first-order valence-corrected chi connectivity index (χ1v) is 6.73. The fourth-order valence-corrected chi connectivity index (χ4v) is 2.73. The molecule has 0 aliphatic carbocycles. The summed E-state index contributed by atoms with van der Waals surface area (Å²) in [4.78, 5) is 2.70. The lowest BCUT2D eigenvalue weighted by molar-refractivity contribution is 0.490. The zero-order valence-electron chi connectivity index (χ0n) is 10.0. The summed E-state index contributed by atoms with van der Waals surface area (Å²) in [6, 6.07) is 4.65. The maximum atomic E-state index is 5.60. The van der Waals surface area contributed by atoms with Crippen LogP contribution < -0.4 is 11.3 Å². The van der Waals surface area contributed by atoms with Crippen LogP contribution in [0.5, 0.6) is 0 Å². The average Bonchev–Trinajstić information content (AvgIpc) is 2.70. The van der Waals surface area contributed by atoms with Crippen molar-refractivity contribution in [3.8, 4) is 0 Å². The Morgan fingerprint density at radius 3 is 2.81 bits per heavy atom. The summed E-state index contributed by atoms with van der Waals surface area (Å²) >= 11 is 1.83. The molecule has 1 aromatic rings. The maximum Gasteiger partial charge on any atom is 0.0553 e. The molecule has 90 valence electrons. The number of thiophene rings is 1. The first kappa shape index (κ1) is 13.4. The fraction of sp³-hybridized carbons (Fsp3) is 0.538.